The van der Waals surface area contributed by atoms with E-state index in [9.17, 15) is 18.3 Å². The average Bonchev–Trinajstić information content (AvgIpc) is 2.72. The number of rotatable bonds is 7. The monoisotopic (exact) mass is 399 g/mol. The van der Waals surface area contributed by atoms with Crippen molar-refractivity contribution in [1.29, 1.82) is 0 Å². The SMILES string of the molecule is O=c1cc(C=NS(=O)(=O)c2ccccc2)oc(CO)c1OCc1ccccc1. The quantitative estimate of drug-likeness (QED) is 0.612. The molecule has 0 saturated carbocycles. The number of aliphatic hydroxyl groups is 1. The number of hydrogen-bond donors (Lipinski definition) is 1. The zero-order valence-electron chi connectivity index (χ0n) is 14.7. The molecule has 2 aromatic carbocycles. The Balaban J connectivity index is 1.84. The molecule has 0 aliphatic rings. The normalized spacial score (nSPS) is 11.6. The van der Waals surface area contributed by atoms with Crippen LogP contribution in [0.25, 0.3) is 0 Å². The molecule has 1 heterocycles. The van der Waals surface area contributed by atoms with Crippen LogP contribution in [0.15, 0.2) is 85.2 Å². The Labute approximate surface area is 161 Å². The van der Waals surface area contributed by atoms with Crippen molar-refractivity contribution < 1.29 is 22.7 Å². The molecule has 3 aromatic rings. The first-order valence-corrected chi connectivity index (χ1v) is 9.73. The summed E-state index contributed by atoms with van der Waals surface area (Å²) in [5.74, 6) is -0.350. The summed E-state index contributed by atoms with van der Waals surface area (Å²) in [4.78, 5) is 12.3. The number of nitrogens with zero attached hydrogens (tertiary/aromatic N) is 1. The average molecular weight is 399 g/mol. The molecule has 144 valence electrons. The lowest BCUT2D eigenvalue weighted by Crippen LogP contribution is -2.12. The Morgan fingerprint density at radius 2 is 1.68 bits per heavy atom. The summed E-state index contributed by atoms with van der Waals surface area (Å²) >= 11 is 0. The smallest absolute Gasteiger partial charge is 0.282 e. The predicted octanol–water partition coefficient (Wildman–Crippen LogP) is 2.52. The van der Waals surface area contributed by atoms with Crippen molar-refractivity contribution in [3.8, 4) is 5.75 Å². The van der Waals surface area contributed by atoms with E-state index in [1.807, 2.05) is 30.3 Å². The third-order valence-corrected chi connectivity index (χ3v) is 4.97. The zero-order valence-corrected chi connectivity index (χ0v) is 15.5. The van der Waals surface area contributed by atoms with E-state index in [-0.39, 0.29) is 28.8 Å². The van der Waals surface area contributed by atoms with Gasteiger partial charge in [-0.05, 0) is 17.7 Å². The van der Waals surface area contributed by atoms with Gasteiger partial charge in [0.25, 0.3) is 10.0 Å². The van der Waals surface area contributed by atoms with E-state index in [1.54, 1.807) is 18.2 Å². The second kappa shape index (κ2) is 8.64. The molecule has 8 heteroatoms. The van der Waals surface area contributed by atoms with Crippen molar-refractivity contribution in [2.45, 2.75) is 18.1 Å². The van der Waals surface area contributed by atoms with Crippen LogP contribution in [-0.4, -0.2) is 19.7 Å². The molecule has 0 aliphatic carbocycles. The number of ether oxygens (including phenoxy) is 1. The maximum atomic E-state index is 12.3. The number of sulfonamides is 1. The molecular formula is C20H17NO6S. The third-order valence-electron chi connectivity index (χ3n) is 3.72. The molecule has 0 aliphatic heterocycles. The fourth-order valence-electron chi connectivity index (χ4n) is 2.37. The number of hydrogen-bond acceptors (Lipinski definition) is 6. The summed E-state index contributed by atoms with van der Waals surface area (Å²) in [6, 6.07) is 17.9. The van der Waals surface area contributed by atoms with Gasteiger partial charge in [0.2, 0.25) is 11.2 Å². The van der Waals surface area contributed by atoms with Crippen LogP contribution in [0.3, 0.4) is 0 Å². The molecular weight excluding hydrogens is 382 g/mol. The number of aliphatic hydroxyl groups excluding tert-OH is 1. The molecule has 0 radical (unpaired) electrons. The molecule has 7 nitrogen and oxygen atoms in total. The largest absolute Gasteiger partial charge is 0.482 e. The van der Waals surface area contributed by atoms with Gasteiger partial charge in [-0.25, -0.2) is 0 Å². The van der Waals surface area contributed by atoms with E-state index >= 15 is 0 Å². The Morgan fingerprint density at radius 3 is 2.32 bits per heavy atom. The van der Waals surface area contributed by atoms with Crippen LogP contribution < -0.4 is 10.2 Å². The minimum Gasteiger partial charge on any atom is -0.482 e. The lowest BCUT2D eigenvalue weighted by Gasteiger charge is -2.09. The number of benzene rings is 2. The van der Waals surface area contributed by atoms with E-state index in [4.69, 9.17) is 9.15 Å². The van der Waals surface area contributed by atoms with E-state index < -0.39 is 22.1 Å². The fourth-order valence-corrected chi connectivity index (χ4v) is 3.24. The maximum Gasteiger partial charge on any atom is 0.282 e. The zero-order chi connectivity index (χ0) is 20.0. The summed E-state index contributed by atoms with van der Waals surface area (Å²) < 4.78 is 38.7. The van der Waals surface area contributed by atoms with E-state index in [2.05, 4.69) is 4.40 Å². The summed E-state index contributed by atoms with van der Waals surface area (Å²) in [6.45, 7) is -0.471. The van der Waals surface area contributed by atoms with Gasteiger partial charge >= 0.3 is 0 Å². The molecule has 0 bridgehead atoms. The molecule has 0 saturated heterocycles. The first-order valence-electron chi connectivity index (χ1n) is 8.29. The standard InChI is InChI=1S/C20H17NO6S/c22-13-19-20(26-14-15-7-3-1-4-8-15)18(23)11-16(27-19)12-21-28(24,25)17-9-5-2-6-10-17/h1-12,22H,13-14H2. The molecule has 0 amide bonds. The second-order valence-corrected chi connectivity index (χ2v) is 7.35. The van der Waals surface area contributed by atoms with Crippen LogP contribution in [0.4, 0.5) is 0 Å². The summed E-state index contributed by atoms with van der Waals surface area (Å²) in [5.41, 5.74) is 0.287. The van der Waals surface area contributed by atoms with Gasteiger partial charge in [0.1, 0.15) is 19.0 Å². The predicted molar refractivity (Wildman–Crippen MR) is 103 cm³/mol. The van der Waals surface area contributed by atoms with Gasteiger partial charge in [-0.15, -0.1) is 0 Å². The Bertz CT molecular complexity index is 1120. The second-order valence-electron chi connectivity index (χ2n) is 5.72. The van der Waals surface area contributed by atoms with Gasteiger partial charge in [0.15, 0.2) is 5.76 Å². The van der Waals surface area contributed by atoms with Gasteiger partial charge < -0.3 is 14.3 Å². The molecule has 3 rings (SSSR count). The third kappa shape index (κ3) is 4.73. The Hall–Kier alpha value is -3.23. The van der Waals surface area contributed by atoms with Crippen molar-refractivity contribution in [1.82, 2.24) is 0 Å². The van der Waals surface area contributed by atoms with Gasteiger partial charge in [0, 0.05) is 6.07 Å². The van der Waals surface area contributed by atoms with E-state index in [0.717, 1.165) is 17.8 Å². The van der Waals surface area contributed by atoms with Crippen molar-refractivity contribution >= 4 is 16.2 Å². The van der Waals surface area contributed by atoms with E-state index in [1.165, 1.54) is 12.1 Å². The van der Waals surface area contributed by atoms with Gasteiger partial charge in [0.05, 0.1) is 11.1 Å². The summed E-state index contributed by atoms with van der Waals surface area (Å²) in [6.07, 6.45) is 0.921. The molecule has 0 spiro atoms. The lowest BCUT2D eigenvalue weighted by atomic mass is 10.2. The topological polar surface area (TPSA) is 106 Å². The Kier molecular flexibility index (Phi) is 6.03. The summed E-state index contributed by atoms with van der Waals surface area (Å²) in [7, 11) is -3.93. The first kappa shape index (κ1) is 19.5. The fraction of sp³-hybridized carbons (Fsp3) is 0.100. The van der Waals surface area contributed by atoms with Crippen LogP contribution in [0, 0.1) is 0 Å². The minimum absolute atomic E-state index is 0.0128. The van der Waals surface area contributed by atoms with Crippen molar-refractivity contribution in [2.24, 2.45) is 4.40 Å². The highest BCUT2D eigenvalue weighted by Crippen LogP contribution is 2.17. The van der Waals surface area contributed by atoms with Gasteiger partial charge in [-0.1, -0.05) is 48.5 Å². The molecule has 0 unspecified atom stereocenters. The van der Waals surface area contributed by atoms with Crippen LogP contribution in [0.5, 0.6) is 5.75 Å². The highest BCUT2D eigenvalue weighted by Gasteiger charge is 2.15. The van der Waals surface area contributed by atoms with Crippen LogP contribution in [0.1, 0.15) is 17.1 Å². The maximum absolute atomic E-state index is 12.3. The molecule has 1 N–H and O–H groups in total. The molecule has 0 fully saturated rings. The minimum atomic E-state index is -3.93. The molecule has 1 aromatic heterocycles. The van der Waals surface area contributed by atoms with Gasteiger partial charge in [-0.3, -0.25) is 4.79 Å². The van der Waals surface area contributed by atoms with Crippen molar-refractivity contribution in [2.75, 3.05) is 0 Å². The lowest BCUT2D eigenvalue weighted by molar-refractivity contribution is 0.217. The first-order chi connectivity index (χ1) is 13.5. The van der Waals surface area contributed by atoms with Crippen molar-refractivity contribution in [3.05, 3.63) is 94.0 Å². The molecule has 28 heavy (non-hydrogen) atoms. The van der Waals surface area contributed by atoms with Crippen LogP contribution >= 0.6 is 0 Å². The van der Waals surface area contributed by atoms with Crippen molar-refractivity contribution in [3.63, 3.8) is 0 Å². The van der Waals surface area contributed by atoms with Crippen LogP contribution in [0.2, 0.25) is 0 Å². The summed E-state index contributed by atoms with van der Waals surface area (Å²) in [5, 5.41) is 9.50. The van der Waals surface area contributed by atoms with E-state index in [0.29, 0.717) is 0 Å². The Morgan fingerprint density at radius 1 is 1.04 bits per heavy atom. The van der Waals surface area contributed by atoms with Gasteiger partial charge in [-0.2, -0.15) is 12.8 Å². The molecule has 0 atom stereocenters. The highest BCUT2D eigenvalue weighted by molar-refractivity contribution is 7.90. The van der Waals surface area contributed by atoms with Crippen LogP contribution in [-0.2, 0) is 23.2 Å². The highest BCUT2D eigenvalue weighted by atomic mass is 32.2.